The van der Waals surface area contributed by atoms with E-state index in [1.54, 1.807) is 11.8 Å². The number of nitrogens with zero attached hydrogens (tertiary/aromatic N) is 1. The van der Waals surface area contributed by atoms with Crippen molar-refractivity contribution in [2.75, 3.05) is 4.90 Å². The third-order valence-corrected chi connectivity index (χ3v) is 3.95. The number of amides is 1. The molecule has 0 spiro atoms. The molecule has 4 aromatic rings. The van der Waals surface area contributed by atoms with Crippen molar-refractivity contribution in [2.24, 2.45) is 0 Å². The highest BCUT2D eigenvalue weighted by atomic mass is 16.3. The Morgan fingerprint density at radius 3 is 2.26 bits per heavy atom. The molecule has 112 valence electrons. The SMILES string of the molecule is CC(=O)N(c1ccccc1)c1ccc2c(c1)oc1ccccc12. The molecule has 0 radical (unpaired) electrons. The largest absolute Gasteiger partial charge is 0.456 e. The van der Waals surface area contributed by atoms with Crippen molar-refractivity contribution in [1.29, 1.82) is 0 Å². The lowest BCUT2D eigenvalue weighted by molar-refractivity contribution is -0.115. The minimum absolute atomic E-state index is 0.0355. The molecule has 3 nitrogen and oxygen atoms in total. The molecule has 0 bridgehead atoms. The van der Waals surface area contributed by atoms with Crippen molar-refractivity contribution < 1.29 is 9.21 Å². The molecule has 0 fully saturated rings. The number of furan rings is 1. The first-order valence-corrected chi connectivity index (χ1v) is 7.51. The highest BCUT2D eigenvalue weighted by molar-refractivity contribution is 6.07. The van der Waals surface area contributed by atoms with Crippen molar-refractivity contribution in [3.63, 3.8) is 0 Å². The first kappa shape index (κ1) is 13.6. The molecule has 4 rings (SSSR count). The molecule has 1 heterocycles. The summed E-state index contributed by atoms with van der Waals surface area (Å²) < 4.78 is 5.92. The molecule has 0 aliphatic heterocycles. The number of rotatable bonds is 2. The van der Waals surface area contributed by atoms with Gasteiger partial charge in [0.15, 0.2) is 0 Å². The molecular weight excluding hydrogens is 286 g/mol. The van der Waals surface area contributed by atoms with Gasteiger partial charge in [0, 0.05) is 29.4 Å². The first-order valence-electron chi connectivity index (χ1n) is 7.51. The zero-order valence-corrected chi connectivity index (χ0v) is 12.7. The summed E-state index contributed by atoms with van der Waals surface area (Å²) in [5, 5.41) is 2.14. The molecule has 1 amide bonds. The summed E-state index contributed by atoms with van der Waals surface area (Å²) in [6.45, 7) is 1.57. The summed E-state index contributed by atoms with van der Waals surface area (Å²) >= 11 is 0. The summed E-state index contributed by atoms with van der Waals surface area (Å²) in [6, 6.07) is 23.5. The quantitative estimate of drug-likeness (QED) is 0.505. The van der Waals surface area contributed by atoms with Crippen LogP contribution < -0.4 is 4.90 Å². The molecule has 0 aliphatic rings. The third-order valence-electron chi connectivity index (χ3n) is 3.95. The van der Waals surface area contributed by atoms with Gasteiger partial charge in [-0.2, -0.15) is 0 Å². The second kappa shape index (κ2) is 5.29. The number of benzene rings is 3. The Bertz CT molecular complexity index is 1000. The molecule has 0 atom stereocenters. The average Bonchev–Trinajstić information content (AvgIpc) is 2.93. The Balaban J connectivity index is 1.90. The second-order valence-corrected chi connectivity index (χ2v) is 5.47. The van der Waals surface area contributed by atoms with Crippen molar-refractivity contribution in [3.8, 4) is 0 Å². The highest BCUT2D eigenvalue weighted by Gasteiger charge is 2.16. The van der Waals surface area contributed by atoms with Crippen LogP contribution in [0.3, 0.4) is 0 Å². The Hall–Kier alpha value is -3.07. The molecule has 3 heteroatoms. The first-order chi connectivity index (χ1) is 11.2. The maximum absolute atomic E-state index is 12.1. The van der Waals surface area contributed by atoms with E-state index in [1.165, 1.54) is 0 Å². The monoisotopic (exact) mass is 301 g/mol. The number of carbonyl (C=O) groups is 1. The zero-order chi connectivity index (χ0) is 15.8. The van der Waals surface area contributed by atoms with E-state index in [0.29, 0.717) is 0 Å². The van der Waals surface area contributed by atoms with Crippen LogP contribution in [0, 0.1) is 0 Å². The van der Waals surface area contributed by atoms with Gasteiger partial charge in [-0.1, -0.05) is 36.4 Å². The fourth-order valence-electron chi connectivity index (χ4n) is 2.94. The van der Waals surface area contributed by atoms with E-state index in [0.717, 1.165) is 33.3 Å². The Morgan fingerprint density at radius 1 is 0.783 bits per heavy atom. The van der Waals surface area contributed by atoms with Gasteiger partial charge in [0.1, 0.15) is 11.2 Å². The van der Waals surface area contributed by atoms with Crippen molar-refractivity contribution in [2.45, 2.75) is 6.92 Å². The topological polar surface area (TPSA) is 33.5 Å². The molecular formula is C20H15NO2. The molecule has 0 N–H and O–H groups in total. The zero-order valence-electron chi connectivity index (χ0n) is 12.7. The lowest BCUT2D eigenvalue weighted by Gasteiger charge is -2.21. The van der Waals surface area contributed by atoms with Crippen LogP contribution in [0.5, 0.6) is 0 Å². The minimum atomic E-state index is -0.0355. The van der Waals surface area contributed by atoms with E-state index in [9.17, 15) is 4.79 Å². The van der Waals surface area contributed by atoms with E-state index < -0.39 is 0 Å². The minimum Gasteiger partial charge on any atom is -0.456 e. The van der Waals surface area contributed by atoms with E-state index >= 15 is 0 Å². The lowest BCUT2D eigenvalue weighted by Crippen LogP contribution is -2.22. The van der Waals surface area contributed by atoms with Gasteiger partial charge >= 0.3 is 0 Å². The van der Waals surface area contributed by atoms with Crippen LogP contribution in [0.2, 0.25) is 0 Å². The number of hydrogen-bond acceptors (Lipinski definition) is 2. The number of hydrogen-bond donors (Lipinski definition) is 0. The van der Waals surface area contributed by atoms with E-state index in [4.69, 9.17) is 4.42 Å². The molecule has 0 saturated carbocycles. The molecule has 0 unspecified atom stereocenters. The van der Waals surface area contributed by atoms with Gasteiger partial charge in [0.05, 0.1) is 5.69 Å². The predicted octanol–water partition coefficient (Wildman–Crippen LogP) is 5.27. The number of anilines is 2. The third kappa shape index (κ3) is 2.27. The van der Waals surface area contributed by atoms with Gasteiger partial charge in [-0.05, 0) is 30.3 Å². The standard InChI is InChI=1S/C20H15NO2/c1-14(22)21(15-7-3-2-4-8-15)16-11-12-18-17-9-5-6-10-19(17)23-20(18)13-16/h2-13H,1H3. The highest BCUT2D eigenvalue weighted by Crippen LogP contribution is 2.33. The normalized spacial score (nSPS) is 11.0. The maximum Gasteiger partial charge on any atom is 0.228 e. The van der Waals surface area contributed by atoms with Gasteiger partial charge in [0.25, 0.3) is 0 Å². The molecule has 3 aromatic carbocycles. The maximum atomic E-state index is 12.1. The van der Waals surface area contributed by atoms with Gasteiger partial charge in [-0.15, -0.1) is 0 Å². The Kier molecular flexibility index (Phi) is 3.12. The van der Waals surface area contributed by atoms with Crippen LogP contribution in [0.1, 0.15) is 6.92 Å². The van der Waals surface area contributed by atoms with Crippen LogP contribution in [0.4, 0.5) is 11.4 Å². The number of carbonyl (C=O) groups excluding carboxylic acids is 1. The van der Waals surface area contributed by atoms with Gasteiger partial charge in [-0.3, -0.25) is 9.69 Å². The average molecular weight is 301 g/mol. The van der Waals surface area contributed by atoms with Crippen LogP contribution >= 0.6 is 0 Å². The van der Waals surface area contributed by atoms with E-state index in [1.807, 2.05) is 72.8 Å². The smallest absolute Gasteiger partial charge is 0.228 e. The lowest BCUT2D eigenvalue weighted by atomic mass is 10.1. The fourth-order valence-corrected chi connectivity index (χ4v) is 2.94. The van der Waals surface area contributed by atoms with Crippen LogP contribution in [-0.4, -0.2) is 5.91 Å². The molecule has 1 aromatic heterocycles. The fraction of sp³-hybridized carbons (Fsp3) is 0.0500. The Labute approximate surface area is 133 Å². The van der Waals surface area contributed by atoms with Crippen molar-refractivity contribution in [3.05, 3.63) is 72.8 Å². The summed E-state index contributed by atoms with van der Waals surface area (Å²) in [7, 11) is 0. The van der Waals surface area contributed by atoms with Crippen LogP contribution in [-0.2, 0) is 4.79 Å². The van der Waals surface area contributed by atoms with E-state index in [-0.39, 0.29) is 5.91 Å². The van der Waals surface area contributed by atoms with Crippen molar-refractivity contribution >= 4 is 39.2 Å². The molecule has 0 saturated heterocycles. The summed E-state index contributed by atoms with van der Waals surface area (Å²) in [6.07, 6.45) is 0. The van der Waals surface area contributed by atoms with Crippen LogP contribution in [0.15, 0.2) is 77.2 Å². The van der Waals surface area contributed by atoms with Crippen LogP contribution in [0.25, 0.3) is 21.9 Å². The predicted molar refractivity (Wildman–Crippen MR) is 93.0 cm³/mol. The molecule has 0 aliphatic carbocycles. The van der Waals surface area contributed by atoms with Gasteiger partial charge in [-0.25, -0.2) is 0 Å². The number of para-hydroxylation sites is 2. The van der Waals surface area contributed by atoms with E-state index in [2.05, 4.69) is 0 Å². The van der Waals surface area contributed by atoms with Gasteiger partial charge in [0.2, 0.25) is 5.91 Å². The molecule has 23 heavy (non-hydrogen) atoms. The van der Waals surface area contributed by atoms with Gasteiger partial charge < -0.3 is 4.42 Å². The van der Waals surface area contributed by atoms with Crippen molar-refractivity contribution in [1.82, 2.24) is 0 Å². The summed E-state index contributed by atoms with van der Waals surface area (Å²) in [4.78, 5) is 13.8. The summed E-state index contributed by atoms with van der Waals surface area (Å²) in [5.74, 6) is -0.0355. The summed E-state index contributed by atoms with van der Waals surface area (Å²) in [5.41, 5.74) is 3.28. The number of fused-ring (bicyclic) bond motifs is 3. The Morgan fingerprint density at radius 2 is 1.48 bits per heavy atom. The second-order valence-electron chi connectivity index (χ2n) is 5.47.